The second-order valence-electron chi connectivity index (χ2n) is 6.63. The van der Waals surface area contributed by atoms with Crippen molar-refractivity contribution in [2.45, 2.75) is 24.9 Å². The van der Waals surface area contributed by atoms with Crippen molar-refractivity contribution in [3.05, 3.63) is 48.1 Å². The summed E-state index contributed by atoms with van der Waals surface area (Å²) in [6.45, 7) is 2.29. The maximum atomic E-state index is 12.7. The molecule has 0 saturated carbocycles. The molecule has 1 unspecified atom stereocenters. The van der Waals surface area contributed by atoms with Gasteiger partial charge in [-0.2, -0.15) is 23.3 Å². The van der Waals surface area contributed by atoms with Gasteiger partial charge in [-0.3, -0.25) is 4.79 Å². The summed E-state index contributed by atoms with van der Waals surface area (Å²) in [5.74, 6) is 0.634. The summed E-state index contributed by atoms with van der Waals surface area (Å²) in [6.07, 6.45) is -2.97. The van der Waals surface area contributed by atoms with Gasteiger partial charge in [0.2, 0.25) is 17.6 Å². The van der Waals surface area contributed by atoms with Crippen molar-refractivity contribution >= 4 is 5.91 Å². The highest BCUT2D eigenvalue weighted by Crippen LogP contribution is 2.31. The van der Waals surface area contributed by atoms with Gasteiger partial charge in [-0.25, -0.2) is 4.68 Å². The highest BCUT2D eigenvalue weighted by molar-refractivity contribution is 5.80. The molecule has 2 aromatic heterocycles. The quantitative estimate of drug-likeness (QED) is 0.759. The van der Waals surface area contributed by atoms with Crippen molar-refractivity contribution in [2.24, 2.45) is 0 Å². The number of hydrogen-bond donors (Lipinski definition) is 1. The van der Waals surface area contributed by atoms with E-state index in [2.05, 4.69) is 20.6 Å². The number of benzene rings is 1. The maximum Gasteiger partial charge on any atom is 0.435 e. The lowest BCUT2D eigenvalue weighted by Crippen LogP contribution is -2.25. The molecule has 1 aliphatic heterocycles. The smallest absolute Gasteiger partial charge is 0.355 e. The first-order chi connectivity index (χ1) is 12.7. The van der Waals surface area contributed by atoms with E-state index in [0.29, 0.717) is 29.5 Å². The van der Waals surface area contributed by atoms with Crippen LogP contribution < -0.4 is 5.32 Å². The average Bonchev–Trinajstić information content (AvgIpc) is 3.34. The maximum absolute atomic E-state index is 12.7. The number of alkyl halides is 3. The fourth-order valence-corrected chi connectivity index (χ4v) is 2.89. The van der Waals surface area contributed by atoms with Gasteiger partial charge in [-0.05, 0) is 37.3 Å². The molecule has 7 nitrogen and oxygen atoms in total. The first-order valence-corrected chi connectivity index (χ1v) is 8.09. The molecule has 0 bridgehead atoms. The molecule has 0 radical (unpaired) electrons. The molecule has 27 heavy (non-hydrogen) atoms. The number of rotatable bonds is 3. The molecular formula is C17H14F3N5O2. The highest BCUT2D eigenvalue weighted by Gasteiger charge is 2.40. The Morgan fingerprint density at radius 2 is 1.96 bits per heavy atom. The average molecular weight is 377 g/mol. The lowest BCUT2D eigenvalue weighted by atomic mass is 9.89. The predicted octanol–water partition coefficient (Wildman–Crippen LogP) is 2.72. The van der Waals surface area contributed by atoms with Crippen LogP contribution in [-0.4, -0.2) is 32.4 Å². The summed E-state index contributed by atoms with van der Waals surface area (Å²) in [5, 5.41) is 10.2. The molecule has 3 aromatic rings. The van der Waals surface area contributed by atoms with E-state index in [-0.39, 0.29) is 12.3 Å². The highest BCUT2D eigenvalue weighted by atomic mass is 19.4. The van der Waals surface area contributed by atoms with Crippen LogP contribution in [0.3, 0.4) is 0 Å². The van der Waals surface area contributed by atoms with Gasteiger partial charge in [0.15, 0.2) is 5.69 Å². The third-order valence-electron chi connectivity index (χ3n) is 4.44. The normalized spacial score (nSPS) is 20.1. The van der Waals surface area contributed by atoms with Crippen molar-refractivity contribution in [3.63, 3.8) is 0 Å². The van der Waals surface area contributed by atoms with E-state index < -0.39 is 17.3 Å². The number of carbonyl (C=O) groups excluding carboxylic acids is 1. The van der Waals surface area contributed by atoms with Crippen LogP contribution in [-0.2, 0) is 16.4 Å². The number of amides is 1. The standard InChI is InChI=1S/C17H14F3N5O2/c1-16(8-13(26)21-9-16)15-22-14(24-27-15)10-2-4-11(5-3-10)25-7-6-12(23-25)17(18,19)20/h2-7H,8-9H2,1H3,(H,21,26). The summed E-state index contributed by atoms with van der Waals surface area (Å²) < 4.78 is 44.4. The van der Waals surface area contributed by atoms with Gasteiger partial charge in [0, 0.05) is 24.7 Å². The molecule has 1 fully saturated rings. The minimum atomic E-state index is -4.49. The van der Waals surface area contributed by atoms with Gasteiger partial charge < -0.3 is 9.84 Å². The first kappa shape index (κ1) is 17.3. The number of aromatic nitrogens is 4. The fraction of sp³-hybridized carbons (Fsp3) is 0.294. The van der Waals surface area contributed by atoms with Crippen LogP contribution in [0.15, 0.2) is 41.1 Å². The molecule has 1 aliphatic rings. The van der Waals surface area contributed by atoms with Crippen LogP contribution in [0, 0.1) is 0 Å². The largest absolute Gasteiger partial charge is 0.435 e. The molecule has 3 heterocycles. The second-order valence-corrected chi connectivity index (χ2v) is 6.63. The topological polar surface area (TPSA) is 85.8 Å². The van der Waals surface area contributed by atoms with Gasteiger partial charge in [-0.15, -0.1) is 0 Å². The van der Waals surface area contributed by atoms with Crippen molar-refractivity contribution in [1.82, 2.24) is 25.2 Å². The molecule has 10 heteroatoms. The molecule has 0 aliphatic carbocycles. The zero-order chi connectivity index (χ0) is 19.2. The number of nitrogens with zero attached hydrogens (tertiary/aromatic N) is 4. The predicted molar refractivity (Wildman–Crippen MR) is 86.8 cm³/mol. The number of nitrogens with one attached hydrogen (secondary N) is 1. The third-order valence-corrected chi connectivity index (χ3v) is 4.44. The summed E-state index contributed by atoms with van der Waals surface area (Å²) in [4.78, 5) is 15.8. The Morgan fingerprint density at radius 3 is 2.56 bits per heavy atom. The van der Waals surface area contributed by atoms with Crippen molar-refractivity contribution < 1.29 is 22.5 Å². The van der Waals surface area contributed by atoms with Gasteiger partial charge in [0.05, 0.1) is 11.1 Å². The third kappa shape index (κ3) is 3.18. The zero-order valence-corrected chi connectivity index (χ0v) is 14.1. The molecule has 0 spiro atoms. The molecule has 140 valence electrons. The Morgan fingerprint density at radius 1 is 1.22 bits per heavy atom. The molecule has 1 aromatic carbocycles. The molecule has 1 atom stereocenters. The van der Waals surface area contributed by atoms with E-state index in [4.69, 9.17) is 4.52 Å². The SMILES string of the molecule is CC1(c2nc(-c3ccc(-n4ccc(C(F)(F)F)n4)cc3)no2)CNC(=O)C1. The van der Waals surface area contributed by atoms with Crippen LogP contribution >= 0.6 is 0 Å². The molecule has 4 rings (SSSR count). The summed E-state index contributed by atoms with van der Waals surface area (Å²) in [5.41, 5.74) is -0.401. The summed E-state index contributed by atoms with van der Waals surface area (Å²) in [6, 6.07) is 7.47. The van der Waals surface area contributed by atoms with Crippen LogP contribution in [0.4, 0.5) is 13.2 Å². The van der Waals surface area contributed by atoms with Gasteiger partial charge in [0.25, 0.3) is 0 Å². The van der Waals surface area contributed by atoms with Gasteiger partial charge >= 0.3 is 6.18 Å². The first-order valence-electron chi connectivity index (χ1n) is 8.09. The lowest BCUT2D eigenvalue weighted by molar-refractivity contribution is -0.141. The minimum absolute atomic E-state index is 0.0703. The summed E-state index contributed by atoms with van der Waals surface area (Å²) >= 11 is 0. The van der Waals surface area contributed by atoms with E-state index in [0.717, 1.165) is 10.7 Å². The van der Waals surface area contributed by atoms with Gasteiger partial charge in [-0.1, -0.05) is 5.16 Å². The van der Waals surface area contributed by atoms with E-state index in [1.165, 1.54) is 6.20 Å². The Balaban J connectivity index is 1.56. The van der Waals surface area contributed by atoms with Crippen molar-refractivity contribution in [3.8, 4) is 17.1 Å². The van der Waals surface area contributed by atoms with Crippen molar-refractivity contribution in [2.75, 3.05) is 6.54 Å². The van der Waals surface area contributed by atoms with E-state index in [9.17, 15) is 18.0 Å². The fourth-order valence-electron chi connectivity index (χ4n) is 2.89. The van der Waals surface area contributed by atoms with E-state index in [1.807, 2.05) is 6.92 Å². The monoisotopic (exact) mass is 377 g/mol. The number of halogens is 3. The minimum Gasteiger partial charge on any atom is -0.355 e. The van der Waals surface area contributed by atoms with Crippen molar-refractivity contribution in [1.29, 1.82) is 0 Å². The van der Waals surface area contributed by atoms with Crippen LogP contribution in [0.5, 0.6) is 0 Å². The Kier molecular flexibility index (Phi) is 3.79. The molecule has 1 amide bonds. The van der Waals surface area contributed by atoms with Gasteiger partial charge in [0.1, 0.15) is 0 Å². The Bertz CT molecular complexity index is 993. The number of carbonyl (C=O) groups is 1. The lowest BCUT2D eigenvalue weighted by Gasteiger charge is -2.14. The number of hydrogen-bond acceptors (Lipinski definition) is 5. The second kappa shape index (κ2) is 5.93. The molecular weight excluding hydrogens is 363 g/mol. The van der Waals surface area contributed by atoms with Crippen LogP contribution in [0.2, 0.25) is 0 Å². The summed E-state index contributed by atoms with van der Waals surface area (Å²) in [7, 11) is 0. The van der Waals surface area contributed by atoms with Crippen LogP contribution in [0.1, 0.15) is 24.9 Å². The molecule has 1 saturated heterocycles. The van der Waals surface area contributed by atoms with E-state index in [1.54, 1.807) is 24.3 Å². The van der Waals surface area contributed by atoms with E-state index >= 15 is 0 Å². The van der Waals surface area contributed by atoms with Crippen LogP contribution in [0.25, 0.3) is 17.1 Å². The molecule has 1 N–H and O–H groups in total. The Labute approximate surface area is 151 Å². The zero-order valence-electron chi connectivity index (χ0n) is 14.1. The Hall–Kier alpha value is -3.17.